The standard InChI is InChI=1S/C18H15N3O3/c22-18(12-5-6-16-17(9-12)24-8-7-23-16)21-20-11-13-10-19-15-4-2-1-3-14(13)15/h1-6,9-11,19H,7-8H2,(H,21,22)/b20-11-. The zero-order chi connectivity index (χ0) is 16.4. The minimum Gasteiger partial charge on any atom is -0.486 e. The predicted octanol–water partition coefficient (Wildman–Crippen LogP) is 2.70. The Kier molecular flexibility index (Phi) is 3.63. The Morgan fingerprint density at radius 2 is 1.96 bits per heavy atom. The van der Waals surface area contributed by atoms with E-state index in [-0.39, 0.29) is 5.91 Å². The zero-order valence-electron chi connectivity index (χ0n) is 12.8. The third-order valence-electron chi connectivity index (χ3n) is 3.80. The van der Waals surface area contributed by atoms with Crippen LogP contribution in [0.1, 0.15) is 15.9 Å². The normalized spacial score (nSPS) is 13.3. The van der Waals surface area contributed by atoms with Gasteiger partial charge in [0.15, 0.2) is 11.5 Å². The van der Waals surface area contributed by atoms with Crippen molar-refractivity contribution in [1.29, 1.82) is 0 Å². The van der Waals surface area contributed by atoms with Crippen LogP contribution in [0, 0.1) is 0 Å². The van der Waals surface area contributed by atoms with Gasteiger partial charge in [-0.15, -0.1) is 0 Å². The molecule has 2 aromatic carbocycles. The molecule has 24 heavy (non-hydrogen) atoms. The number of rotatable bonds is 3. The molecule has 3 aromatic rings. The Morgan fingerprint density at radius 3 is 2.88 bits per heavy atom. The highest BCUT2D eigenvalue weighted by molar-refractivity contribution is 6.00. The Balaban J connectivity index is 1.48. The van der Waals surface area contributed by atoms with E-state index in [1.807, 2.05) is 30.5 Å². The summed E-state index contributed by atoms with van der Waals surface area (Å²) in [5.74, 6) is 0.928. The third kappa shape index (κ3) is 2.69. The van der Waals surface area contributed by atoms with Crippen LogP contribution in [-0.2, 0) is 0 Å². The van der Waals surface area contributed by atoms with Crippen LogP contribution < -0.4 is 14.9 Å². The third-order valence-corrected chi connectivity index (χ3v) is 3.80. The summed E-state index contributed by atoms with van der Waals surface area (Å²) >= 11 is 0. The molecule has 0 spiro atoms. The summed E-state index contributed by atoms with van der Waals surface area (Å²) in [5, 5.41) is 5.09. The molecule has 4 rings (SSSR count). The fraction of sp³-hybridized carbons (Fsp3) is 0.111. The largest absolute Gasteiger partial charge is 0.486 e. The average molecular weight is 321 g/mol. The van der Waals surface area contributed by atoms with Crippen LogP contribution in [0.25, 0.3) is 10.9 Å². The number of hydrogen-bond acceptors (Lipinski definition) is 4. The van der Waals surface area contributed by atoms with Crippen molar-refractivity contribution in [2.45, 2.75) is 0 Å². The summed E-state index contributed by atoms with van der Waals surface area (Å²) in [5.41, 5.74) is 4.93. The van der Waals surface area contributed by atoms with Gasteiger partial charge in [0.25, 0.3) is 5.91 Å². The monoisotopic (exact) mass is 321 g/mol. The van der Waals surface area contributed by atoms with Crippen molar-refractivity contribution in [3.8, 4) is 11.5 Å². The van der Waals surface area contributed by atoms with Gasteiger partial charge in [-0.3, -0.25) is 4.79 Å². The van der Waals surface area contributed by atoms with Gasteiger partial charge in [0.2, 0.25) is 0 Å². The van der Waals surface area contributed by atoms with Gasteiger partial charge in [-0.05, 0) is 24.3 Å². The highest BCUT2D eigenvalue weighted by Gasteiger charge is 2.14. The number of ether oxygens (including phenoxy) is 2. The Bertz CT molecular complexity index is 930. The molecule has 2 heterocycles. The van der Waals surface area contributed by atoms with Gasteiger partial charge in [0, 0.05) is 28.2 Å². The summed E-state index contributed by atoms with van der Waals surface area (Å²) in [6.45, 7) is 1.00. The fourth-order valence-corrected chi connectivity index (χ4v) is 2.61. The number of hydrogen-bond donors (Lipinski definition) is 2. The van der Waals surface area contributed by atoms with Crippen molar-refractivity contribution < 1.29 is 14.3 Å². The van der Waals surface area contributed by atoms with Crippen molar-refractivity contribution in [3.05, 3.63) is 59.8 Å². The number of benzene rings is 2. The molecular weight excluding hydrogens is 306 g/mol. The van der Waals surface area contributed by atoms with Crippen molar-refractivity contribution >= 4 is 23.0 Å². The SMILES string of the molecule is O=C(N/N=C\c1c[nH]c2ccccc12)c1ccc2c(c1)OCCO2. The number of aromatic nitrogens is 1. The van der Waals surface area contributed by atoms with Gasteiger partial charge < -0.3 is 14.5 Å². The molecule has 0 saturated heterocycles. The maximum Gasteiger partial charge on any atom is 0.271 e. The number of hydrazone groups is 1. The number of carbonyl (C=O) groups is 1. The minimum absolute atomic E-state index is 0.303. The first-order chi connectivity index (χ1) is 11.8. The first-order valence-electron chi connectivity index (χ1n) is 7.60. The lowest BCUT2D eigenvalue weighted by Gasteiger charge is -2.18. The van der Waals surface area contributed by atoms with Crippen LogP contribution in [0.15, 0.2) is 53.8 Å². The summed E-state index contributed by atoms with van der Waals surface area (Å²) in [6.07, 6.45) is 3.47. The van der Waals surface area contributed by atoms with Gasteiger partial charge in [0.05, 0.1) is 6.21 Å². The predicted molar refractivity (Wildman–Crippen MR) is 90.8 cm³/mol. The van der Waals surface area contributed by atoms with Crippen molar-refractivity contribution in [1.82, 2.24) is 10.4 Å². The zero-order valence-corrected chi connectivity index (χ0v) is 12.8. The molecule has 1 aliphatic heterocycles. The number of H-pyrrole nitrogens is 1. The number of para-hydroxylation sites is 1. The molecule has 0 unspecified atom stereocenters. The molecule has 6 heteroatoms. The molecule has 0 radical (unpaired) electrons. The van der Waals surface area contributed by atoms with Gasteiger partial charge in [0.1, 0.15) is 13.2 Å². The number of nitrogens with one attached hydrogen (secondary N) is 2. The van der Waals surface area contributed by atoms with E-state index in [9.17, 15) is 4.79 Å². The highest BCUT2D eigenvalue weighted by Crippen LogP contribution is 2.30. The van der Waals surface area contributed by atoms with Gasteiger partial charge in [-0.1, -0.05) is 18.2 Å². The van der Waals surface area contributed by atoms with Gasteiger partial charge in [-0.25, -0.2) is 5.43 Å². The molecule has 0 fully saturated rings. The Labute approximate surface area is 138 Å². The second-order valence-corrected chi connectivity index (χ2v) is 5.35. The molecule has 0 saturated carbocycles. The van der Waals surface area contributed by atoms with Crippen LogP contribution in [0.3, 0.4) is 0 Å². The molecule has 1 aliphatic rings. The van der Waals surface area contributed by atoms with Gasteiger partial charge in [-0.2, -0.15) is 5.10 Å². The molecule has 6 nitrogen and oxygen atoms in total. The molecule has 0 bridgehead atoms. The second kappa shape index (κ2) is 6.08. The first-order valence-corrected chi connectivity index (χ1v) is 7.60. The number of fused-ring (bicyclic) bond motifs is 2. The number of amides is 1. The highest BCUT2D eigenvalue weighted by atomic mass is 16.6. The van der Waals surface area contributed by atoms with E-state index < -0.39 is 0 Å². The molecule has 2 N–H and O–H groups in total. The Hall–Kier alpha value is -3.28. The lowest BCUT2D eigenvalue weighted by molar-refractivity contribution is 0.0954. The van der Waals surface area contributed by atoms with E-state index in [1.54, 1.807) is 24.4 Å². The van der Waals surface area contributed by atoms with Crippen molar-refractivity contribution in [2.75, 3.05) is 13.2 Å². The van der Waals surface area contributed by atoms with Crippen LogP contribution in [0.4, 0.5) is 0 Å². The summed E-state index contributed by atoms with van der Waals surface area (Å²) in [7, 11) is 0. The van der Waals surface area contributed by atoms with E-state index in [4.69, 9.17) is 9.47 Å². The Morgan fingerprint density at radius 1 is 1.12 bits per heavy atom. The van der Waals surface area contributed by atoms with Gasteiger partial charge >= 0.3 is 0 Å². The molecule has 0 atom stereocenters. The molecule has 0 aliphatic carbocycles. The van der Waals surface area contributed by atoms with Crippen LogP contribution in [-0.4, -0.2) is 30.3 Å². The smallest absolute Gasteiger partial charge is 0.271 e. The van der Waals surface area contributed by atoms with Crippen LogP contribution >= 0.6 is 0 Å². The number of nitrogens with zero attached hydrogens (tertiary/aromatic N) is 1. The first kappa shape index (κ1) is 14.3. The quantitative estimate of drug-likeness (QED) is 0.575. The summed E-state index contributed by atoms with van der Waals surface area (Å²) in [6, 6.07) is 13.0. The molecule has 120 valence electrons. The molecule has 1 aromatic heterocycles. The summed E-state index contributed by atoms with van der Waals surface area (Å²) in [4.78, 5) is 15.4. The lowest BCUT2D eigenvalue weighted by Crippen LogP contribution is -2.19. The summed E-state index contributed by atoms with van der Waals surface area (Å²) < 4.78 is 10.9. The van der Waals surface area contributed by atoms with E-state index in [0.29, 0.717) is 30.3 Å². The van der Waals surface area contributed by atoms with E-state index in [1.165, 1.54) is 0 Å². The van der Waals surface area contributed by atoms with E-state index >= 15 is 0 Å². The fourth-order valence-electron chi connectivity index (χ4n) is 2.61. The minimum atomic E-state index is -0.303. The van der Waals surface area contributed by atoms with Crippen molar-refractivity contribution in [2.24, 2.45) is 5.10 Å². The van der Waals surface area contributed by atoms with Crippen molar-refractivity contribution in [3.63, 3.8) is 0 Å². The maximum absolute atomic E-state index is 12.2. The molecular formula is C18H15N3O3. The van der Waals surface area contributed by atoms with Crippen LogP contribution in [0.5, 0.6) is 11.5 Å². The topological polar surface area (TPSA) is 75.7 Å². The van der Waals surface area contributed by atoms with E-state index in [0.717, 1.165) is 16.5 Å². The number of aromatic amines is 1. The van der Waals surface area contributed by atoms with Crippen LogP contribution in [0.2, 0.25) is 0 Å². The molecule has 1 amide bonds. The lowest BCUT2D eigenvalue weighted by atomic mass is 10.2. The van der Waals surface area contributed by atoms with E-state index in [2.05, 4.69) is 15.5 Å². The second-order valence-electron chi connectivity index (χ2n) is 5.35. The average Bonchev–Trinajstić information content (AvgIpc) is 3.04. The maximum atomic E-state index is 12.2. The number of carbonyl (C=O) groups excluding carboxylic acids is 1.